The first-order valence-corrected chi connectivity index (χ1v) is 18.5. The lowest BCUT2D eigenvalue weighted by Crippen LogP contribution is -2.39. The maximum Gasteiger partial charge on any atom is 0.104 e. The predicted octanol–water partition coefficient (Wildman–Crippen LogP) is 13.0. The molecule has 1 heteroatoms. The first kappa shape index (κ1) is 37.2. The summed E-state index contributed by atoms with van der Waals surface area (Å²) in [7, 11) is 4.83. The van der Waals surface area contributed by atoms with Gasteiger partial charge >= 0.3 is 0 Å². The van der Waals surface area contributed by atoms with Gasteiger partial charge in [-0.25, -0.2) is 0 Å². The number of unbranched alkanes of at least 4 members (excludes halogenated alkanes) is 24. The van der Waals surface area contributed by atoms with Gasteiger partial charge < -0.3 is 4.48 Å². The summed E-state index contributed by atoms with van der Waals surface area (Å²) in [6.07, 6.45) is 38.7. The summed E-state index contributed by atoms with van der Waals surface area (Å²) >= 11 is 0. The van der Waals surface area contributed by atoms with Gasteiger partial charge in [0.15, 0.2) is 0 Å². The van der Waals surface area contributed by atoms with Crippen molar-refractivity contribution in [2.24, 2.45) is 0 Å². The van der Waals surface area contributed by atoms with E-state index in [-0.39, 0.29) is 0 Å². The van der Waals surface area contributed by atoms with Gasteiger partial charge in [0.2, 0.25) is 0 Å². The second-order valence-corrected chi connectivity index (χ2v) is 13.9. The summed E-state index contributed by atoms with van der Waals surface area (Å²) < 4.78 is 1.12. The molecule has 0 aliphatic heterocycles. The van der Waals surface area contributed by atoms with Crippen molar-refractivity contribution in [2.45, 2.75) is 194 Å². The van der Waals surface area contributed by atoms with Crippen LogP contribution in [0, 0.1) is 0 Å². The van der Waals surface area contributed by atoms with E-state index in [4.69, 9.17) is 0 Å². The third kappa shape index (κ3) is 23.8. The third-order valence-electron chi connectivity index (χ3n) is 9.07. The van der Waals surface area contributed by atoms with Gasteiger partial charge in [0, 0.05) is 5.56 Å². The molecule has 0 atom stereocenters. The van der Waals surface area contributed by atoms with Gasteiger partial charge in [-0.3, -0.25) is 0 Å². The van der Waals surface area contributed by atoms with Crippen molar-refractivity contribution in [1.82, 2.24) is 0 Å². The Morgan fingerprint density at radius 2 is 0.675 bits per heavy atom. The van der Waals surface area contributed by atoms with Crippen LogP contribution in [-0.2, 0) is 13.0 Å². The third-order valence-corrected chi connectivity index (χ3v) is 9.07. The van der Waals surface area contributed by atoms with Gasteiger partial charge in [-0.2, -0.15) is 0 Å². The molecule has 0 spiro atoms. The topological polar surface area (TPSA) is 0 Å². The summed E-state index contributed by atoms with van der Waals surface area (Å²) in [6, 6.07) is 9.61. The van der Waals surface area contributed by atoms with E-state index in [0.29, 0.717) is 0 Å². The SMILES string of the molecule is CCCCCCCCCCCCCCCCCCc1ccc(C[N+](C)(C)CCCCCCCCCCCC)cc1. The molecule has 0 fully saturated rings. The van der Waals surface area contributed by atoms with E-state index >= 15 is 0 Å². The Balaban J connectivity index is 1.96. The molecule has 0 radical (unpaired) electrons. The standard InChI is InChI=1S/C39H74N/c1-5-7-9-11-13-15-17-18-19-20-21-22-23-25-27-29-31-38-32-34-39(35-33-38)37-40(3,4)36-30-28-26-24-16-14-12-10-8-6-2/h32-35H,5-31,36-37H2,1-4H3/q+1. The van der Waals surface area contributed by atoms with Gasteiger partial charge in [0.05, 0.1) is 20.6 Å². The Kier molecular flexibility index (Phi) is 25.2. The highest BCUT2D eigenvalue weighted by Crippen LogP contribution is 2.17. The number of nitrogens with zero attached hydrogens (tertiary/aromatic N) is 1. The van der Waals surface area contributed by atoms with Gasteiger partial charge in [0.25, 0.3) is 0 Å². The molecule has 0 aromatic heterocycles. The molecule has 1 aromatic rings. The molecule has 0 saturated heterocycles. The second kappa shape index (κ2) is 27.0. The van der Waals surface area contributed by atoms with Crippen LogP contribution in [0.15, 0.2) is 24.3 Å². The number of benzene rings is 1. The van der Waals surface area contributed by atoms with Crippen molar-refractivity contribution in [3.8, 4) is 0 Å². The molecule has 1 aromatic carbocycles. The van der Waals surface area contributed by atoms with Crippen molar-refractivity contribution in [3.05, 3.63) is 35.4 Å². The average Bonchev–Trinajstić information content (AvgIpc) is 2.94. The lowest BCUT2D eigenvalue weighted by Gasteiger charge is -2.30. The van der Waals surface area contributed by atoms with E-state index in [1.807, 2.05) is 0 Å². The smallest absolute Gasteiger partial charge is 0.104 e. The van der Waals surface area contributed by atoms with Crippen LogP contribution in [0.5, 0.6) is 0 Å². The minimum absolute atomic E-state index is 1.12. The van der Waals surface area contributed by atoms with E-state index in [2.05, 4.69) is 52.2 Å². The molecule has 0 heterocycles. The Labute approximate surface area is 253 Å². The van der Waals surface area contributed by atoms with Crippen LogP contribution in [0.2, 0.25) is 0 Å². The fraction of sp³-hybridized carbons (Fsp3) is 0.846. The zero-order valence-corrected chi connectivity index (χ0v) is 28.3. The van der Waals surface area contributed by atoms with Crippen molar-refractivity contribution in [3.63, 3.8) is 0 Å². The van der Waals surface area contributed by atoms with Gasteiger partial charge in [-0.1, -0.05) is 186 Å². The minimum atomic E-state index is 1.12. The molecule has 0 N–H and O–H groups in total. The second-order valence-electron chi connectivity index (χ2n) is 13.9. The molecule has 0 aliphatic rings. The van der Waals surface area contributed by atoms with Crippen LogP contribution >= 0.6 is 0 Å². The largest absolute Gasteiger partial charge is 0.325 e. The summed E-state index contributed by atoms with van der Waals surface area (Å²) in [5.41, 5.74) is 3.04. The van der Waals surface area contributed by atoms with Crippen molar-refractivity contribution >= 4 is 0 Å². The van der Waals surface area contributed by atoms with Crippen LogP contribution in [-0.4, -0.2) is 25.1 Å². The monoisotopic (exact) mass is 557 g/mol. The molecular weight excluding hydrogens is 482 g/mol. The van der Waals surface area contributed by atoms with Gasteiger partial charge in [-0.15, -0.1) is 0 Å². The van der Waals surface area contributed by atoms with E-state index in [1.165, 1.54) is 191 Å². The van der Waals surface area contributed by atoms with Crippen LogP contribution in [0.25, 0.3) is 0 Å². The maximum atomic E-state index is 2.41. The van der Waals surface area contributed by atoms with E-state index < -0.39 is 0 Å². The predicted molar refractivity (Wildman–Crippen MR) is 182 cm³/mol. The fourth-order valence-corrected chi connectivity index (χ4v) is 6.29. The maximum absolute atomic E-state index is 2.41. The number of hydrogen-bond acceptors (Lipinski definition) is 0. The number of quaternary nitrogens is 1. The van der Waals surface area contributed by atoms with E-state index in [1.54, 1.807) is 0 Å². The number of hydrogen-bond donors (Lipinski definition) is 0. The van der Waals surface area contributed by atoms with Gasteiger partial charge in [0.1, 0.15) is 6.54 Å². The minimum Gasteiger partial charge on any atom is -0.325 e. The molecule has 234 valence electrons. The Morgan fingerprint density at radius 3 is 1.05 bits per heavy atom. The summed E-state index contributed by atoms with van der Waals surface area (Å²) in [4.78, 5) is 0. The summed E-state index contributed by atoms with van der Waals surface area (Å²) in [5.74, 6) is 0. The quantitative estimate of drug-likeness (QED) is 0.0653. The highest BCUT2D eigenvalue weighted by atomic mass is 15.3. The van der Waals surface area contributed by atoms with Crippen LogP contribution in [0.1, 0.15) is 192 Å². The molecule has 0 unspecified atom stereocenters. The highest BCUT2D eigenvalue weighted by Gasteiger charge is 2.15. The molecule has 0 bridgehead atoms. The highest BCUT2D eigenvalue weighted by molar-refractivity contribution is 5.22. The van der Waals surface area contributed by atoms with Crippen molar-refractivity contribution in [2.75, 3.05) is 20.6 Å². The van der Waals surface area contributed by atoms with Crippen LogP contribution in [0.4, 0.5) is 0 Å². The molecular formula is C39H74N+. The first-order chi connectivity index (χ1) is 19.6. The fourth-order valence-electron chi connectivity index (χ4n) is 6.29. The molecule has 1 rings (SSSR count). The van der Waals surface area contributed by atoms with Crippen molar-refractivity contribution in [1.29, 1.82) is 0 Å². The van der Waals surface area contributed by atoms with Crippen LogP contribution in [0.3, 0.4) is 0 Å². The molecule has 0 aliphatic carbocycles. The zero-order valence-electron chi connectivity index (χ0n) is 28.3. The van der Waals surface area contributed by atoms with E-state index in [0.717, 1.165) is 11.0 Å². The Bertz CT molecular complexity index is 631. The first-order valence-electron chi connectivity index (χ1n) is 18.5. The Morgan fingerprint density at radius 1 is 0.375 bits per heavy atom. The molecule has 1 nitrogen and oxygen atoms in total. The molecule has 0 saturated carbocycles. The lowest BCUT2D eigenvalue weighted by atomic mass is 10.0. The van der Waals surface area contributed by atoms with Crippen molar-refractivity contribution < 1.29 is 4.48 Å². The van der Waals surface area contributed by atoms with Crippen LogP contribution < -0.4 is 0 Å². The Hall–Kier alpha value is -0.820. The molecule has 40 heavy (non-hydrogen) atoms. The molecule has 0 amide bonds. The van der Waals surface area contributed by atoms with Gasteiger partial charge in [-0.05, 0) is 31.2 Å². The normalized spacial score (nSPS) is 11.9. The van der Waals surface area contributed by atoms with E-state index in [9.17, 15) is 0 Å². The zero-order chi connectivity index (χ0) is 29.0. The number of aryl methyl sites for hydroxylation is 1. The summed E-state index contributed by atoms with van der Waals surface area (Å²) in [5, 5.41) is 0. The average molecular weight is 557 g/mol. The lowest BCUT2D eigenvalue weighted by molar-refractivity contribution is -0.903. The number of rotatable bonds is 30. The summed E-state index contributed by atoms with van der Waals surface area (Å²) in [6.45, 7) is 7.08.